The van der Waals surface area contributed by atoms with Crippen LogP contribution < -0.4 is 14.8 Å². The summed E-state index contributed by atoms with van der Waals surface area (Å²) in [5.41, 5.74) is 1.10. The van der Waals surface area contributed by atoms with Crippen LogP contribution in [0.3, 0.4) is 0 Å². The number of methoxy groups -OCH3 is 1. The Labute approximate surface area is 131 Å². The lowest BCUT2D eigenvalue weighted by Crippen LogP contribution is -2.35. The van der Waals surface area contributed by atoms with E-state index in [1.54, 1.807) is 7.11 Å². The number of carbonyl (C=O) groups is 1. The quantitative estimate of drug-likeness (QED) is 0.727. The van der Waals surface area contributed by atoms with Gasteiger partial charge in [0.05, 0.1) is 6.54 Å². The van der Waals surface area contributed by atoms with Crippen molar-refractivity contribution >= 4 is 5.91 Å². The third-order valence-electron chi connectivity index (χ3n) is 3.32. The summed E-state index contributed by atoms with van der Waals surface area (Å²) in [5.74, 6) is 1.59. The molecule has 0 saturated heterocycles. The van der Waals surface area contributed by atoms with Crippen molar-refractivity contribution in [1.29, 1.82) is 0 Å². The van der Waals surface area contributed by atoms with Crippen molar-refractivity contribution in [1.82, 2.24) is 10.2 Å². The average Bonchev–Trinajstić information content (AvgIpc) is 2.51. The first-order valence-electron chi connectivity index (χ1n) is 7.52. The van der Waals surface area contributed by atoms with Crippen molar-refractivity contribution in [2.45, 2.75) is 13.0 Å². The molecule has 22 heavy (non-hydrogen) atoms. The second kappa shape index (κ2) is 8.60. The van der Waals surface area contributed by atoms with E-state index in [0.717, 1.165) is 23.5 Å². The SMILES string of the molecule is COCCCNC(=O)CN(C)Cc1ccc2c(c1)OCCO2. The van der Waals surface area contributed by atoms with Crippen LogP contribution >= 0.6 is 0 Å². The van der Waals surface area contributed by atoms with Gasteiger partial charge < -0.3 is 19.5 Å². The zero-order chi connectivity index (χ0) is 15.8. The first kappa shape index (κ1) is 16.6. The highest BCUT2D eigenvalue weighted by molar-refractivity contribution is 5.77. The fraction of sp³-hybridized carbons (Fsp3) is 0.562. The molecule has 0 aromatic heterocycles. The van der Waals surface area contributed by atoms with E-state index in [1.165, 1.54) is 0 Å². The summed E-state index contributed by atoms with van der Waals surface area (Å²) in [6.45, 7) is 3.52. The molecule has 0 aliphatic carbocycles. The molecule has 0 unspecified atom stereocenters. The molecule has 0 atom stereocenters. The highest BCUT2D eigenvalue weighted by atomic mass is 16.6. The number of nitrogens with zero attached hydrogens (tertiary/aromatic N) is 1. The zero-order valence-electron chi connectivity index (χ0n) is 13.3. The molecule has 6 heteroatoms. The summed E-state index contributed by atoms with van der Waals surface area (Å²) in [6, 6.07) is 5.89. The minimum absolute atomic E-state index is 0.0242. The van der Waals surface area contributed by atoms with E-state index < -0.39 is 0 Å². The van der Waals surface area contributed by atoms with E-state index in [9.17, 15) is 4.79 Å². The summed E-state index contributed by atoms with van der Waals surface area (Å²) in [6.07, 6.45) is 0.827. The minimum atomic E-state index is 0.0242. The number of hydrogen-bond acceptors (Lipinski definition) is 5. The van der Waals surface area contributed by atoms with Crippen molar-refractivity contribution in [3.63, 3.8) is 0 Å². The van der Waals surface area contributed by atoms with Crippen LogP contribution in [0.1, 0.15) is 12.0 Å². The number of nitrogens with one attached hydrogen (secondary N) is 1. The van der Waals surface area contributed by atoms with Crippen molar-refractivity contribution < 1.29 is 19.0 Å². The lowest BCUT2D eigenvalue weighted by molar-refractivity contribution is -0.122. The molecule has 0 bridgehead atoms. The molecule has 0 spiro atoms. The second-order valence-corrected chi connectivity index (χ2v) is 5.35. The average molecular weight is 308 g/mol. The maximum absolute atomic E-state index is 11.8. The molecule has 0 saturated carbocycles. The molecule has 1 amide bonds. The number of benzene rings is 1. The molecular weight excluding hydrogens is 284 g/mol. The van der Waals surface area contributed by atoms with Gasteiger partial charge in [0, 0.05) is 26.8 Å². The van der Waals surface area contributed by atoms with Crippen molar-refractivity contribution in [2.75, 3.05) is 47.1 Å². The monoisotopic (exact) mass is 308 g/mol. The molecule has 1 aliphatic rings. The van der Waals surface area contributed by atoms with Crippen LogP contribution in [0.25, 0.3) is 0 Å². The van der Waals surface area contributed by atoms with Gasteiger partial charge in [-0.15, -0.1) is 0 Å². The largest absolute Gasteiger partial charge is 0.486 e. The molecule has 6 nitrogen and oxygen atoms in total. The van der Waals surface area contributed by atoms with Gasteiger partial charge in [0.2, 0.25) is 5.91 Å². The minimum Gasteiger partial charge on any atom is -0.486 e. The van der Waals surface area contributed by atoms with Gasteiger partial charge in [-0.05, 0) is 31.2 Å². The van der Waals surface area contributed by atoms with Crippen LogP contribution in [0.4, 0.5) is 0 Å². The summed E-state index contributed by atoms with van der Waals surface area (Å²) >= 11 is 0. The van der Waals surface area contributed by atoms with E-state index in [-0.39, 0.29) is 5.91 Å². The molecule has 1 aromatic rings. The number of hydrogen-bond donors (Lipinski definition) is 1. The fourth-order valence-electron chi connectivity index (χ4n) is 2.30. The third-order valence-corrected chi connectivity index (χ3v) is 3.32. The van der Waals surface area contributed by atoms with Crippen molar-refractivity contribution in [3.8, 4) is 11.5 Å². The number of carbonyl (C=O) groups excluding carboxylic acids is 1. The molecule has 1 heterocycles. The van der Waals surface area contributed by atoms with Gasteiger partial charge in [-0.3, -0.25) is 9.69 Å². The van der Waals surface area contributed by atoms with Crippen LogP contribution in [0.5, 0.6) is 11.5 Å². The van der Waals surface area contributed by atoms with Gasteiger partial charge in [0.25, 0.3) is 0 Å². The topological polar surface area (TPSA) is 60.0 Å². The normalized spacial score (nSPS) is 13.2. The Morgan fingerprint density at radius 1 is 1.32 bits per heavy atom. The summed E-state index contributed by atoms with van der Waals surface area (Å²) in [4.78, 5) is 13.8. The number of ether oxygens (including phenoxy) is 3. The first-order valence-corrected chi connectivity index (χ1v) is 7.52. The van der Waals surface area contributed by atoms with E-state index >= 15 is 0 Å². The lowest BCUT2D eigenvalue weighted by atomic mass is 10.2. The van der Waals surface area contributed by atoms with Crippen LogP contribution in [0, 0.1) is 0 Å². The lowest BCUT2D eigenvalue weighted by Gasteiger charge is -2.21. The summed E-state index contributed by atoms with van der Waals surface area (Å²) < 4.78 is 16.0. The van der Waals surface area contributed by atoms with Gasteiger partial charge in [-0.2, -0.15) is 0 Å². The third kappa shape index (κ3) is 5.20. The Balaban J connectivity index is 1.76. The molecular formula is C16H24N2O4. The van der Waals surface area contributed by atoms with E-state index in [2.05, 4.69) is 5.32 Å². The molecule has 122 valence electrons. The zero-order valence-corrected chi connectivity index (χ0v) is 13.3. The standard InChI is InChI=1S/C16H24N2O4/c1-18(12-16(19)17-6-3-7-20-2)11-13-4-5-14-15(10-13)22-9-8-21-14/h4-5,10H,3,6-9,11-12H2,1-2H3,(H,17,19). The Kier molecular flexibility index (Phi) is 6.48. The predicted octanol–water partition coefficient (Wildman–Crippen LogP) is 1.04. The van der Waals surface area contributed by atoms with E-state index in [1.807, 2.05) is 30.1 Å². The molecule has 2 rings (SSSR count). The molecule has 1 aromatic carbocycles. The van der Waals surface area contributed by atoms with Gasteiger partial charge in [0.15, 0.2) is 11.5 Å². The maximum atomic E-state index is 11.8. The van der Waals surface area contributed by atoms with Crippen molar-refractivity contribution in [2.24, 2.45) is 0 Å². The first-order chi connectivity index (χ1) is 10.7. The van der Waals surface area contributed by atoms with E-state index in [0.29, 0.717) is 39.5 Å². The second-order valence-electron chi connectivity index (χ2n) is 5.35. The van der Waals surface area contributed by atoms with Crippen LogP contribution in [-0.4, -0.2) is 57.9 Å². The number of likely N-dealkylation sites (N-methyl/N-ethyl adjacent to an activating group) is 1. The Morgan fingerprint density at radius 3 is 2.86 bits per heavy atom. The number of amides is 1. The Morgan fingerprint density at radius 2 is 2.09 bits per heavy atom. The van der Waals surface area contributed by atoms with Gasteiger partial charge >= 0.3 is 0 Å². The van der Waals surface area contributed by atoms with Crippen LogP contribution in [0.15, 0.2) is 18.2 Å². The highest BCUT2D eigenvalue weighted by Crippen LogP contribution is 2.30. The molecule has 0 fully saturated rings. The highest BCUT2D eigenvalue weighted by Gasteiger charge is 2.13. The van der Waals surface area contributed by atoms with Gasteiger partial charge in [0.1, 0.15) is 13.2 Å². The Hall–Kier alpha value is -1.79. The maximum Gasteiger partial charge on any atom is 0.234 e. The van der Waals surface area contributed by atoms with Gasteiger partial charge in [-0.25, -0.2) is 0 Å². The van der Waals surface area contributed by atoms with Gasteiger partial charge in [-0.1, -0.05) is 6.07 Å². The van der Waals surface area contributed by atoms with Crippen LogP contribution in [-0.2, 0) is 16.1 Å². The molecule has 1 N–H and O–H groups in total. The Bertz CT molecular complexity index is 493. The van der Waals surface area contributed by atoms with Crippen LogP contribution in [0.2, 0.25) is 0 Å². The summed E-state index contributed by atoms with van der Waals surface area (Å²) in [7, 11) is 3.58. The molecule has 0 radical (unpaired) electrons. The van der Waals surface area contributed by atoms with Crippen molar-refractivity contribution in [3.05, 3.63) is 23.8 Å². The predicted molar refractivity (Wildman–Crippen MR) is 83.3 cm³/mol. The van der Waals surface area contributed by atoms with E-state index in [4.69, 9.17) is 14.2 Å². The summed E-state index contributed by atoms with van der Waals surface area (Å²) in [5, 5.41) is 2.88. The number of rotatable bonds is 8. The fourth-order valence-corrected chi connectivity index (χ4v) is 2.30. The molecule has 1 aliphatic heterocycles. The smallest absolute Gasteiger partial charge is 0.234 e. The number of fused-ring (bicyclic) bond motifs is 1.